The van der Waals surface area contributed by atoms with Crippen LogP contribution in [-0.2, 0) is 13.1 Å². The zero-order valence-corrected chi connectivity index (χ0v) is 21.2. The Hall–Kier alpha value is -1.35. The lowest BCUT2D eigenvalue weighted by Gasteiger charge is -2.31. The number of nitrogens with zero attached hydrogens (tertiary/aromatic N) is 2. The van der Waals surface area contributed by atoms with Crippen LogP contribution in [0.1, 0.15) is 71.1 Å². The fourth-order valence-corrected chi connectivity index (χ4v) is 6.62. The molecule has 0 bridgehead atoms. The largest absolute Gasteiger partial charge is 0.241 e. The molecule has 2 aromatic heterocycles. The Morgan fingerprint density at radius 2 is 1.29 bits per heavy atom. The summed E-state index contributed by atoms with van der Waals surface area (Å²) >= 11 is 0. The molecule has 2 heterocycles. The first kappa shape index (κ1) is 24.3. The van der Waals surface area contributed by atoms with Crippen LogP contribution in [0.4, 0.5) is 0 Å². The highest BCUT2D eigenvalue weighted by Crippen LogP contribution is 2.42. The summed E-state index contributed by atoms with van der Waals surface area (Å²) in [7, 11) is -0.471. The van der Waals surface area contributed by atoms with Crippen LogP contribution in [0.25, 0.3) is 11.1 Å². The molecule has 0 saturated heterocycles. The summed E-state index contributed by atoms with van der Waals surface area (Å²) in [6.07, 6.45) is 28.2. The van der Waals surface area contributed by atoms with Crippen molar-refractivity contribution < 1.29 is 9.13 Å². The summed E-state index contributed by atoms with van der Waals surface area (Å²) in [4.78, 5) is 0. The van der Waals surface area contributed by atoms with Crippen molar-refractivity contribution in [2.24, 2.45) is 5.92 Å². The van der Waals surface area contributed by atoms with Gasteiger partial charge in [0.25, 0.3) is 0 Å². The SMILES string of the molecule is CCCCCCC[n+]1ccc(-c2cc[n+](CCS(C)(C)CCC3CCCC3)cc2)cc1. The van der Waals surface area contributed by atoms with Gasteiger partial charge in [0.05, 0.1) is 0 Å². The van der Waals surface area contributed by atoms with E-state index >= 15 is 0 Å². The molecule has 0 amide bonds. The van der Waals surface area contributed by atoms with Crippen LogP contribution in [0.3, 0.4) is 0 Å². The standard InChI is InChI=1S/C28H46N2S/c1-4-5-6-7-10-18-29-19-13-27(14-20-29)28-15-21-30(22-16-28)23-25-31(2,3)24-17-26-11-8-9-12-26/h13-16,19-22,26H,4-12,17-18,23-25H2,1-3H3/q+2. The van der Waals surface area contributed by atoms with Gasteiger partial charge < -0.3 is 0 Å². The zero-order chi connectivity index (χ0) is 21.9. The van der Waals surface area contributed by atoms with Crippen LogP contribution < -0.4 is 9.13 Å². The van der Waals surface area contributed by atoms with Gasteiger partial charge in [0.2, 0.25) is 0 Å². The molecule has 1 aliphatic rings. The van der Waals surface area contributed by atoms with E-state index in [-0.39, 0.29) is 0 Å². The van der Waals surface area contributed by atoms with Gasteiger partial charge in [-0.05, 0) is 48.2 Å². The molecular formula is C28H46N2S+2. The lowest BCUT2D eigenvalue weighted by molar-refractivity contribution is -0.697. The third kappa shape index (κ3) is 8.60. The van der Waals surface area contributed by atoms with Crippen LogP contribution >= 0.6 is 10.0 Å². The Morgan fingerprint density at radius 3 is 1.87 bits per heavy atom. The highest BCUT2D eigenvalue weighted by atomic mass is 32.3. The van der Waals surface area contributed by atoms with Crippen molar-refractivity contribution in [3.05, 3.63) is 49.1 Å². The van der Waals surface area contributed by atoms with Crippen molar-refractivity contribution in [2.75, 3.05) is 24.0 Å². The van der Waals surface area contributed by atoms with Crippen molar-refractivity contribution >= 4 is 10.0 Å². The molecule has 2 aromatic rings. The average Bonchev–Trinajstić information content (AvgIpc) is 3.31. The first-order chi connectivity index (χ1) is 15.1. The van der Waals surface area contributed by atoms with Crippen LogP contribution in [0.5, 0.6) is 0 Å². The van der Waals surface area contributed by atoms with E-state index in [4.69, 9.17) is 0 Å². The fraction of sp³-hybridized carbons (Fsp3) is 0.643. The normalized spacial score (nSPS) is 15.5. The molecule has 3 rings (SSSR count). The predicted octanol–water partition coefficient (Wildman–Crippen LogP) is 6.54. The number of unbranched alkanes of at least 4 members (excludes halogenated alkanes) is 4. The molecule has 0 atom stereocenters. The summed E-state index contributed by atoms with van der Waals surface area (Å²) < 4.78 is 4.71. The Balaban J connectivity index is 1.43. The third-order valence-electron chi connectivity index (χ3n) is 7.09. The van der Waals surface area contributed by atoms with Crippen molar-refractivity contribution in [3.63, 3.8) is 0 Å². The Morgan fingerprint density at radius 1 is 0.742 bits per heavy atom. The second-order valence-electron chi connectivity index (χ2n) is 10.2. The summed E-state index contributed by atoms with van der Waals surface area (Å²) in [6.45, 7) is 4.57. The fourth-order valence-electron chi connectivity index (χ4n) is 4.73. The average molecular weight is 443 g/mol. The van der Waals surface area contributed by atoms with Crippen LogP contribution in [0.15, 0.2) is 49.1 Å². The Bertz CT molecular complexity index is 746. The molecular weight excluding hydrogens is 396 g/mol. The van der Waals surface area contributed by atoms with E-state index in [2.05, 4.69) is 77.6 Å². The predicted molar refractivity (Wildman–Crippen MR) is 137 cm³/mol. The lowest BCUT2D eigenvalue weighted by atomic mass is 10.1. The van der Waals surface area contributed by atoms with E-state index in [0.717, 1.165) is 19.0 Å². The summed E-state index contributed by atoms with van der Waals surface area (Å²) in [5.41, 5.74) is 2.64. The maximum absolute atomic E-state index is 2.54. The minimum atomic E-state index is -0.471. The number of hydrogen-bond acceptors (Lipinski definition) is 0. The molecule has 31 heavy (non-hydrogen) atoms. The molecule has 1 fully saturated rings. The van der Waals surface area contributed by atoms with Gasteiger partial charge in [-0.25, -0.2) is 19.2 Å². The zero-order valence-electron chi connectivity index (χ0n) is 20.4. The van der Waals surface area contributed by atoms with Crippen molar-refractivity contribution in [3.8, 4) is 11.1 Å². The van der Waals surface area contributed by atoms with E-state index in [1.54, 1.807) is 0 Å². The molecule has 1 saturated carbocycles. The quantitative estimate of drug-likeness (QED) is 0.246. The minimum Gasteiger partial charge on any atom is -0.241 e. The smallest absolute Gasteiger partial charge is 0.169 e. The van der Waals surface area contributed by atoms with Crippen LogP contribution in [0, 0.1) is 5.92 Å². The van der Waals surface area contributed by atoms with E-state index in [1.165, 1.54) is 86.8 Å². The number of hydrogen-bond donors (Lipinski definition) is 0. The van der Waals surface area contributed by atoms with Crippen molar-refractivity contribution in [1.82, 2.24) is 0 Å². The molecule has 0 unspecified atom stereocenters. The molecule has 0 radical (unpaired) electrons. The van der Waals surface area contributed by atoms with Crippen LogP contribution in [-0.4, -0.2) is 24.0 Å². The first-order valence-electron chi connectivity index (χ1n) is 12.7. The molecule has 0 aromatic carbocycles. The number of aryl methyl sites for hydroxylation is 2. The highest BCUT2D eigenvalue weighted by molar-refractivity contribution is 8.32. The summed E-state index contributed by atoms with van der Waals surface area (Å²) in [5.74, 6) is 3.83. The van der Waals surface area contributed by atoms with Crippen molar-refractivity contribution in [1.29, 1.82) is 0 Å². The monoisotopic (exact) mass is 442 g/mol. The van der Waals surface area contributed by atoms with Gasteiger partial charge in [0, 0.05) is 36.4 Å². The summed E-state index contributed by atoms with van der Waals surface area (Å²) in [6, 6.07) is 9.10. The molecule has 0 spiro atoms. The molecule has 172 valence electrons. The molecule has 3 heteroatoms. The highest BCUT2D eigenvalue weighted by Gasteiger charge is 2.20. The molecule has 1 aliphatic carbocycles. The molecule has 0 aliphatic heterocycles. The maximum Gasteiger partial charge on any atom is 0.169 e. The van der Waals surface area contributed by atoms with E-state index in [0.29, 0.717) is 0 Å². The van der Waals surface area contributed by atoms with Gasteiger partial charge >= 0.3 is 0 Å². The summed E-state index contributed by atoms with van der Waals surface area (Å²) in [5, 5.41) is 0. The molecule has 0 N–H and O–H groups in total. The second kappa shape index (κ2) is 12.6. The number of aromatic nitrogens is 2. The maximum atomic E-state index is 2.54. The van der Waals surface area contributed by atoms with Gasteiger partial charge in [-0.2, -0.15) is 0 Å². The van der Waals surface area contributed by atoms with Gasteiger partial charge in [-0.3, -0.25) is 0 Å². The minimum absolute atomic E-state index is 0.471. The first-order valence-corrected chi connectivity index (χ1v) is 15.5. The van der Waals surface area contributed by atoms with Gasteiger partial charge in [0.1, 0.15) is 6.54 Å². The van der Waals surface area contributed by atoms with E-state index < -0.39 is 10.0 Å². The van der Waals surface area contributed by atoms with Crippen LogP contribution in [0.2, 0.25) is 0 Å². The van der Waals surface area contributed by atoms with E-state index in [1.807, 2.05) is 0 Å². The van der Waals surface area contributed by atoms with Gasteiger partial charge in [-0.1, -0.05) is 51.9 Å². The number of pyridine rings is 2. The number of rotatable bonds is 13. The topological polar surface area (TPSA) is 7.76 Å². The van der Waals surface area contributed by atoms with Gasteiger partial charge in [-0.15, -0.1) is 0 Å². The van der Waals surface area contributed by atoms with Gasteiger partial charge in [0.15, 0.2) is 31.3 Å². The lowest BCUT2D eigenvalue weighted by Crippen LogP contribution is -2.35. The Kier molecular flexibility index (Phi) is 9.90. The second-order valence-corrected chi connectivity index (χ2v) is 14.5. The Labute approximate surface area is 193 Å². The van der Waals surface area contributed by atoms with Crippen molar-refractivity contribution in [2.45, 2.75) is 84.2 Å². The van der Waals surface area contributed by atoms with E-state index in [9.17, 15) is 0 Å². The molecule has 2 nitrogen and oxygen atoms in total. The third-order valence-corrected chi connectivity index (χ3v) is 9.72.